The fourth-order valence-corrected chi connectivity index (χ4v) is 6.25. The molecule has 0 spiro atoms. The first-order valence-corrected chi connectivity index (χ1v) is 12.6. The summed E-state index contributed by atoms with van der Waals surface area (Å²) >= 11 is 1.41. The largest absolute Gasteiger partial charge is 0.496 e. The number of H-pyrrole nitrogens is 1. The second-order valence-corrected chi connectivity index (χ2v) is 10.7. The highest BCUT2D eigenvalue weighted by Gasteiger charge is 2.27. The van der Waals surface area contributed by atoms with E-state index in [1.54, 1.807) is 7.11 Å². The van der Waals surface area contributed by atoms with Crippen LogP contribution >= 0.6 is 11.3 Å². The third-order valence-corrected chi connectivity index (χ3v) is 7.93. The van der Waals surface area contributed by atoms with Gasteiger partial charge in [-0.05, 0) is 54.0 Å². The smallest absolute Gasteiger partial charge is 0.266 e. The Hall–Kier alpha value is -2.68. The molecule has 1 aliphatic carbocycles. The lowest BCUT2D eigenvalue weighted by Gasteiger charge is -2.16. The molecule has 0 unspecified atom stereocenters. The van der Waals surface area contributed by atoms with Crippen LogP contribution in [-0.2, 0) is 15.8 Å². The molecule has 2 heterocycles. The van der Waals surface area contributed by atoms with Crippen LogP contribution in [0.1, 0.15) is 24.0 Å². The first kappa shape index (κ1) is 20.2. The molecule has 2 aromatic heterocycles. The number of rotatable bonds is 6. The van der Waals surface area contributed by atoms with E-state index >= 15 is 0 Å². The molecule has 0 atom stereocenters. The maximum atomic E-state index is 12.5. The molecule has 0 saturated heterocycles. The number of aromatic nitrogens is 1. The van der Waals surface area contributed by atoms with Crippen LogP contribution in [0.2, 0.25) is 0 Å². The van der Waals surface area contributed by atoms with Crippen molar-refractivity contribution in [3.05, 3.63) is 63.3 Å². The number of hydrogen-bond acceptors (Lipinski definition) is 5. The second kappa shape index (κ2) is 7.47. The molecule has 8 heteroatoms. The Morgan fingerprint density at radius 3 is 2.61 bits per heavy atom. The number of fused-ring (bicyclic) bond motifs is 3. The van der Waals surface area contributed by atoms with E-state index < -0.39 is 10.0 Å². The van der Waals surface area contributed by atoms with Gasteiger partial charge in [-0.25, -0.2) is 13.1 Å². The van der Waals surface area contributed by atoms with Crippen molar-refractivity contribution in [3.8, 4) is 16.9 Å². The molecular formula is C23H22N2O4S2. The molecule has 4 aromatic rings. The summed E-state index contributed by atoms with van der Waals surface area (Å²) in [5.74, 6) is 0.665. The van der Waals surface area contributed by atoms with Crippen molar-refractivity contribution >= 4 is 42.3 Å². The topological polar surface area (TPSA) is 88.3 Å². The molecule has 0 aliphatic heterocycles. The maximum Gasteiger partial charge on any atom is 0.266 e. The summed E-state index contributed by atoms with van der Waals surface area (Å²) in [5.41, 5.74) is 4.12. The van der Waals surface area contributed by atoms with Crippen LogP contribution in [0, 0.1) is 6.92 Å². The van der Waals surface area contributed by atoms with Gasteiger partial charge in [0, 0.05) is 22.4 Å². The molecule has 6 nitrogen and oxygen atoms in total. The fraction of sp³-hybridized carbons (Fsp3) is 0.261. The quantitative estimate of drug-likeness (QED) is 0.454. The summed E-state index contributed by atoms with van der Waals surface area (Å²) in [6.45, 7) is 1.95. The monoisotopic (exact) mass is 454 g/mol. The first-order valence-electron chi connectivity index (χ1n) is 10.1. The van der Waals surface area contributed by atoms with Crippen molar-refractivity contribution in [2.75, 3.05) is 7.11 Å². The van der Waals surface area contributed by atoms with Crippen LogP contribution in [0.5, 0.6) is 5.75 Å². The van der Waals surface area contributed by atoms with Crippen LogP contribution in [0.3, 0.4) is 0 Å². The molecule has 0 amide bonds. The Bertz CT molecular complexity index is 1460. The number of ether oxygens (including phenoxy) is 1. The van der Waals surface area contributed by atoms with Gasteiger partial charge < -0.3 is 9.72 Å². The molecule has 1 saturated carbocycles. The predicted octanol–water partition coefficient (Wildman–Crippen LogP) is 4.31. The summed E-state index contributed by atoms with van der Waals surface area (Å²) in [6.07, 6.45) is 1.83. The SMILES string of the molecule is COc1cc(C)c2[nH]c(=O)c3sccc3c2c1-c1ccc(CS(=O)(=O)NC2CC2)cc1. The highest BCUT2D eigenvalue weighted by Crippen LogP contribution is 2.41. The van der Waals surface area contributed by atoms with Crippen LogP contribution in [-0.4, -0.2) is 26.6 Å². The van der Waals surface area contributed by atoms with Crippen LogP contribution in [0.15, 0.2) is 46.6 Å². The van der Waals surface area contributed by atoms with Crippen molar-refractivity contribution < 1.29 is 13.2 Å². The molecule has 160 valence electrons. The van der Waals surface area contributed by atoms with Crippen LogP contribution < -0.4 is 15.0 Å². The summed E-state index contributed by atoms with van der Waals surface area (Å²) in [6, 6.07) is 11.5. The Balaban J connectivity index is 1.65. The molecule has 5 rings (SSSR count). The number of methoxy groups -OCH3 is 1. The van der Waals surface area contributed by atoms with Crippen LogP contribution in [0.25, 0.3) is 32.1 Å². The normalized spacial score (nSPS) is 14.4. The molecule has 0 radical (unpaired) electrons. The van der Waals surface area contributed by atoms with Gasteiger partial charge in [-0.1, -0.05) is 24.3 Å². The number of nitrogens with one attached hydrogen (secondary N) is 2. The third kappa shape index (κ3) is 3.75. The first-order chi connectivity index (χ1) is 14.9. The van der Waals surface area contributed by atoms with E-state index in [0.717, 1.165) is 51.4 Å². The Kier molecular flexibility index (Phi) is 4.88. The Morgan fingerprint density at radius 1 is 1.19 bits per heavy atom. The second-order valence-electron chi connectivity index (χ2n) is 7.99. The predicted molar refractivity (Wildman–Crippen MR) is 125 cm³/mol. The molecule has 2 N–H and O–H groups in total. The minimum Gasteiger partial charge on any atom is -0.496 e. The average Bonchev–Trinajstić information content (AvgIpc) is 3.38. The van der Waals surface area contributed by atoms with Gasteiger partial charge in [0.05, 0.1) is 18.4 Å². The number of benzene rings is 2. The number of pyridine rings is 1. The van der Waals surface area contributed by atoms with E-state index in [2.05, 4.69) is 9.71 Å². The van der Waals surface area contributed by atoms with Gasteiger partial charge >= 0.3 is 0 Å². The molecule has 31 heavy (non-hydrogen) atoms. The number of aryl methyl sites for hydroxylation is 1. The summed E-state index contributed by atoms with van der Waals surface area (Å²) in [4.78, 5) is 15.6. The minimum atomic E-state index is -3.34. The molecule has 2 aromatic carbocycles. The van der Waals surface area contributed by atoms with E-state index in [1.165, 1.54) is 11.3 Å². The van der Waals surface area contributed by atoms with Gasteiger partial charge in [0.25, 0.3) is 5.56 Å². The van der Waals surface area contributed by atoms with Gasteiger partial charge in [0.1, 0.15) is 10.4 Å². The minimum absolute atomic E-state index is 0.0440. The number of sulfonamides is 1. The lowest BCUT2D eigenvalue weighted by molar-refractivity contribution is 0.416. The van der Waals surface area contributed by atoms with E-state index in [9.17, 15) is 13.2 Å². The molecular weight excluding hydrogens is 432 g/mol. The van der Waals surface area contributed by atoms with Gasteiger partial charge in [0.15, 0.2) is 0 Å². The molecule has 1 aliphatic rings. The lowest BCUT2D eigenvalue weighted by Crippen LogP contribution is -2.27. The number of thiophene rings is 1. The average molecular weight is 455 g/mol. The van der Waals surface area contributed by atoms with Crippen molar-refractivity contribution in [1.82, 2.24) is 9.71 Å². The van der Waals surface area contributed by atoms with Crippen LogP contribution in [0.4, 0.5) is 0 Å². The van der Waals surface area contributed by atoms with Gasteiger partial charge in [0.2, 0.25) is 10.0 Å². The van der Waals surface area contributed by atoms with Crippen molar-refractivity contribution in [2.24, 2.45) is 0 Å². The zero-order valence-corrected chi connectivity index (χ0v) is 18.8. The van der Waals surface area contributed by atoms with Crippen molar-refractivity contribution in [3.63, 3.8) is 0 Å². The lowest BCUT2D eigenvalue weighted by atomic mass is 9.94. The van der Waals surface area contributed by atoms with Crippen molar-refractivity contribution in [2.45, 2.75) is 31.6 Å². The fourth-order valence-electron chi connectivity index (χ4n) is 4.00. The van der Waals surface area contributed by atoms with E-state index in [4.69, 9.17) is 4.74 Å². The molecule has 0 bridgehead atoms. The summed E-state index contributed by atoms with van der Waals surface area (Å²) in [5, 5.41) is 3.74. The van der Waals surface area contributed by atoms with E-state index in [-0.39, 0.29) is 17.4 Å². The number of aromatic amines is 1. The summed E-state index contributed by atoms with van der Waals surface area (Å²) in [7, 11) is -1.71. The standard InChI is InChI=1S/C23H22N2O4S2/c1-13-11-18(29-2)19(20-17-9-10-30-22(17)23(26)24-21(13)20)15-5-3-14(4-6-15)12-31(27,28)25-16-7-8-16/h3-6,9-11,16,25H,7-8,12H2,1-2H3,(H,24,26). The molecule has 1 fully saturated rings. The van der Waals surface area contributed by atoms with Gasteiger partial charge in [-0.2, -0.15) is 0 Å². The van der Waals surface area contributed by atoms with Gasteiger partial charge in [-0.15, -0.1) is 11.3 Å². The summed E-state index contributed by atoms with van der Waals surface area (Å²) < 4.78 is 33.7. The van der Waals surface area contributed by atoms with E-state index in [0.29, 0.717) is 10.4 Å². The van der Waals surface area contributed by atoms with Crippen molar-refractivity contribution in [1.29, 1.82) is 0 Å². The zero-order valence-electron chi connectivity index (χ0n) is 17.2. The third-order valence-electron chi connectivity index (χ3n) is 5.61. The highest BCUT2D eigenvalue weighted by molar-refractivity contribution is 7.88. The van der Waals surface area contributed by atoms with E-state index in [1.807, 2.05) is 48.7 Å². The Morgan fingerprint density at radius 2 is 1.94 bits per heavy atom. The zero-order chi connectivity index (χ0) is 21.8. The Labute approximate surface area is 183 Å². The maximum absolute atomic E-state index is 12.5. The number of hydrogen-bond donors (Lipinski definition) is 2. The van der Waals surface area contributed by atoms with Gasteiger partial charge in [-0.3, -0.25) is 4.79 Å². The highest BCUT2D eigenvalue weighted by atomic mass is 32.2.